The molecule has 1 saturated heterocycles. The van der Waals surface area contributed by atoms with Crippen LogP contribution in [0.3, 0.4) is 0 Å². The molecule has 0 bridgehead atoms. The van der Waals surface area contributed by atoms with Crippen LogP contribution in [-0.4, -0.2) is 42.3 Å². The minimum absolute atomic E-state index is 0.000714. The Kier molecular flexibility index (Phi) is 5.16. The van der Waals surface area contributed by atoms with Crippen LogP contribution in [0.5, 0.6) is 5.75 Å². The van der Waals surface area contributed by atoms with Crippen molar-refractivity contribution < 1.29 is 17.5 Å². The number of hydrogen-bond donors (Lipinski definition) is 0. The van der Waals surface area contributed by atoms with Gasteiger partial charge in [0.25, 0.3) is 0 Å². The van der Waals surface area contributed by atoms with E-state index < -0.39 is 15.8 Å². The number of fused-ring (bicyclic) bond motifs is 1. The molecule has 0 unspecified atom stereocenters. The van der Waals surface area contributed by atoms with E-state index >= 15 is 0 Å². The Bertz CT molecular complexity index is 1180. The van der Waals surface area contributed by atoms with E-state index in [1.54, 1.807) is 11.3 Å². The number of imidazole rings is 1. The number of hydrogen-bond acceptors (Lipinski definition) is 5. The first-order valence-electron chi connectivity index (χ1n) is 9.52. The maximum Gasteiger partial charge on any atom is 0.246 e. The number of thiazole rings is 1. The van der Waals surface area contributed by atoms with Crippen molar-refractivity contribution in [2.75, 3.05) is 20.2 Å². The molecule has 1 aliphatic heterocycles. The van der Waals surface area contributed by atoms with Crippen molar-refractivity contribution in [3.63, 3.8) is 0 Å². The molecule has 0 radical (unpaired) electrons. The van der Waals surface area contributed by atoms with Crippen molar-refractivity contribution >= 4 is 26.2 Å². The van der Waals surface area contributed by atoms with Crippen LogP contribution in [0.2, 0.25) is 0 Å². The molecule has 4 rings (SSSR count). The summed E-state index contributed by atoms with van der Waals surface area (Å²) in [6.07, 6.45) is 1.59. The van der Waals surface area contributed by atoms with Crippen LogP contribution in [0.1, 0.15) is 40.8 Å². The molecule has 1 atom stereocenters. The van der Waals surface area contributed by atoms with Crippen molar-refractivity contribution in [2.45, 2.75) is 44.4 Å². The highest BCUT2D eigenvalue weighted by Crippen LogP contribution is 2.37. The Morgan fingerprint density at radius 2 is 2.03 bits per heavy atom. The summed E-state index contributed by atoms with van der Waals surface area (Å²) in [4.78, 5) is 6.97. The molecule has 9 heteroatoms. The lowest BCUT2D eigenvalue weighted by Crippen LogP contribution is -2.39. The highest BCUT2D eigenvalue weighted by atomic mass is 32.2. The zero-order valence-corrected chi connectivity index (χ0v) is 18.5. The molecule has 29 heavy (non-hydrogen) atoms. The minimum Gasteiger partial charge on any atom is -0.495 e. The van der Waals surface area contributed by atoms with Gasteiger partial charge in [-0.3, -0.25) is 4.40 Å². The number of aryl methyl sites for hydroxylation is 3. The smallest absolute Gasteiger partial charge is 0.246 e. The first-order valence-corrected chi connectivity index (χ1v) is 11.8. The number of ether oxygens (including phenoxy) is 1. The average Bonchev–Trinajstić information content (AvgIpc) is 3.18. The zero-order chi connectivity index (χ0) is 20.9. The van der Waals surface area contributed by atoms with E-state index in [9.17, 15) is 12.8 Å². The molecular weight excluding hydrogens is 413 g/mol. The molecule has 0 amide bonds. The Morgan fingerprint density at radius 3 is 2.76 bits per heavy atom. The molecule has 1 aliphatic rings. The zero-order valence-electron chi connectivity index (χ0n) is 16.9. The van der Waals surface area contributed by atoms with Gasteiger partial charge < -0.3 is 4.74 Å². The number of piperidine rings is 1. The number of rotatable bonds is 4. The first-order chi connectivity index (χ1) is 13.7. The van der Waals surface area contributed by atoms with Crippen molar-refractivity contribution in [2.24, 2.45) is 0 Å². The molecule has 3 aromatic rings. The summed E-state index contributed by atoms with van der Waals surface area (Å²) in [5.41, 5.74) is 2.13. The van der Waals surface area contributed by atoms with E-state index in [-0.39, 0.29) is 16.6 Å². The molecule has 0 aliphatic carbocycles. The Morgan fingerprint density at radius 1 is 1.28 bits per heavy atom. The van der Waals surface area contributed by atoms with Gasteiger partial charge in [-0.2, -0.15) is 4.31 Å². The van der Waals surface area contributed by atoms with Crippen molar-refractivity contribution in [3.8, 4) is 5.75 Å². The van der Waals surface area contributed by atoms with Gasteiger partial charge in [0.2, 0.25) is 10.0 Å². The Hall–Kier alpha value is -1.97. The molecule has 1 fully saturated rings. The number of benzene rings is 1. The lowest BCUT2D eigenvalue weighted by molar-refractivity contribution is 0.312. The van der Waals surface area contributed by atoms with Crippen molar-refractivity contribution in [3.05, 3.63) is 46.1 Å². The number of nitrogens with zero attached hydrogens (tertiary/aromatic N) is 3. The number of sulfonamides is 1. The highest BCUT2D eigenvalue weighted by Gasteiger charge is 2.35. The predicted octanol–water partition coefficient (Wildman–Crippen LogP) is 4.04. The minimum atomic E-state index is -3.88. The fourth-order valence-electron chi connectivity index (χ4n) is 4.04. The third-order valence-corrected chi connectivity index (χ3v) is 8.71. The summed E-state index contributed by atoms with van der Waals surface area (Å²) in [6.45, 7) is 6.86. The molecule has 0 saturated carbocycles. The van der Waals surface area contributed by atoms with Crippen LogP contribution in [0.15, 0.2) is 23.1 Å². The van der Waals surface area contributed by atoms with E-state index in [2.05, 4.69) is 18.2 Å². The van der Waals surface area contributed by atoms with Crippen molar-refractivity contribution in [1.82, 2.24) is 13.7 Å². The van der Waals surface area contributed by atoms with Gasteiger partial charge >= 0.3 is 0 Å². The van der Waals surface area contributed by atoms with Gasteiger partial charge in [0.1, 0.15) is 27.1 Å². The molecule has 156 valence electrons. The topological polar surface area (TPSA) is 63.9 Å². The number of methoxy groups -OCH3 is 1. The predicted molar refractivity (Wildman–Crippen MR) is 111 cm³/mol. The summed E-state index contributed by atoms with van der Waals surface area (Å²) in [5.74, 6) is 0.468. The molecule has 2 aromatic heterocycles. The van der Waals surface area contributed by atoms with Crippen molar-refractivity contribution in [1.29, 1.82) is 0 Å². The summed E-state index contributed by atoms with van der Waals surface area (Å²) in [5, 5.41) is 0. The van der Waals surface area contributed by atoms with E-state index in [4.69, 9.17) is 9.72 Å². The lowest BCUT2D eigenvalue weighted by atomic mass is 9.97. The number of halogens is 1. The van der Waals surface area contributed by atoms with Crippen LogP contribution in [0.4, 0.5) is 4.39 Å². The second-order valence-electron chi connectivity index (χ2n) is 7.43. The molecular formula is C20H24FN3O3S2. The van der Waals surface area contributed by atoms with Gasteiger partial charge in [0.15, 0.2) is 0 Å². The summed E-state index contributed by atoms with van der Waals surface area (Å²) in [6, 6.07) is 3.58. The van der Waals surface area contributed by atoms with Crippen LogP contribution in [-0.2, 0) is 10.0 Å². The first kappa shape index (κ1) is 20.3. The quantitative estimate of drug-likeness (QED) is 0.618. The van der Waals surface area contributed by atoms with Gasteiger partial charge in [-0.1, -0.05) is 0 Å². The van der Waals surface area contributed by atoms with Gasteiger partial charge in [0, 0.05) is 29.6 Å². The molecule has 0 N–H and O–H groups in total. The fraction of sp³-hybridized carbons (Fsp3) is 0.450. The van der Waals surface area contributed by atoms with E-state index in [1.807, 2.05) is 6.92 Å². The van der Waals surface area contributed by atoms with E-state index in [1.165, 1.54) is 34.1 Å². The lowest BCUT2D eigenvalue weighted by Gasteiger charge is -2.31. The van der Waals surface area contributed by atoms with Gasteiger partial charge in [-0.15, -0.1) is 11.3 Å². The highest BCUT2D eigenvalue weighted by molar-refractivity contribution is 7.89. The molecule has 1 aromatic carbocycles. The van der Waals surface area contributed by atoms with Gasteiger partial charge in [-0.05, 0) is 51.8 Å². The number of aromatic nitrogens is 2. The second kappa shape index (κ2) is 7.37. The normalized spacial score (nSPS) is 18.4. The maximum absolute atomic E-state index is 13.8. The molecule has 0 spiro atoms. The second-order valence-corrected chi connectivity index (χ2v) is 10.5. The molecule has 3 heterocycles. The Balaban J connectivity index is 1.71. The third-order valence-electron chi connectivity index (χ3n) is 5.64. The third kappa shape index (κ3) is 3.35. The van der Waals surface area contributed by atoms with Crippen LogP contribution in [0, 0.1) is 26.6 Å². The average molecular weight is 438 g/mol. The monoisotopic (exact) mass is 437 g/mol. The summed E-state index contributed by atoms with van der Waals surface area (Å²) in [7, 11) is -2.49. The van der Waals surface area contributed by atoms with Crippen LogP contribution >= 0.6 is 11.3 Å². The van der Waals surface area contributed by atoms with Gasteiger partial charge in [0.05, 0.1) is 12.8 Å². The SMILES string of the molecule is COc1ccc(F)cc1S(=O)(=O)N1CCC[C@H](c2nc(C)n3c(C)c(C)sc23)C1. The van der Waals surface area contributed by atoms with Crippen LogP contribution < -0.4 is 4.74 Å². The summed E-state index contributed by atoms with van der Waals surface area (Å²) >= 11 is 1.70. The van der Waals surface area contributed by atoms with Crippen LogP contribution in [0.25, 0.3) is 4.83 Å². The maximum atomic E-state index is 13.8. The van der Waals surface area contributed by atoms with E-state index in [0.717, 1.165) is 35.3 Å². The molecule has 6 nitrogen and oxygen atoms in total. The fourth-order valence-corrected chi connectivity index (χ4v) is 6.94. The largest absolute Gasteiger partial charge is 0.495 e. The van der Waals surface area contributed by atoms with E-state index in [0.29, 0.717) is 13.1 Å². The van der Waals surface area contributed by atoms with Gasteiger partial charge in [-0.25, -0.2) is 17.8 Å². The Labute approximate surface area is 174 Å². The summed E-state index contributed by atoms with van der Waals surface area (Å²) < 4.78 is 49.1. The standard InChI is InChI=1S/C20H24FN3O3S2/c1-12-13(2)28-20-19(22-14(3)24(12)20)15-6-5-9-23(11-15)29(25,26)18-10-16(21)7-8-17(18)27-4/h7-8,10,15H,5-6,9,11H2,1-4H3/t15-/m0/s1.